The van der Waals surface area contributed by atoms with Crippen molar-refractivity contribution in [3.8, 4) is 0 Å². The molecule has 1 N–H and O–H groups in total. The van der Waals surface area contributed by atoms with Crippen LogP contribution in [0.15, 0.2) is 18.2 Å². The molecule has 0 radical (unpaired) electrons. The largest absolute Gasteiger partial charge is 0.339 e. The maximum atomic E-state index is 12.4. The molecule has 0 saturated carbocycles. The van der Waals surface area contributed by atoms with Gasteiger partial charge in [0.1, 0.15) is 0 Å². The fourth-order valence-corrected chi connectivity index (χ4v) is 2.44. The van der Waals surface area contributed by atoms with E-state index in [-0.39, 0.29) is 5.91 Å². The van der Waals surface area contributed by atoms with Crippen LogP contribution in [0.25, 0.3) is 0 Å². The number of piperidine rings is 1. The molecule has 0 atom stereocenters. The Morgan fingerprint density at radius 1 is 1.22 bits per heavy atom. The summed E-state index contributed by atoms with van der Waals surface area (Å²) in [5, 5.41) is 3.33. The van der Waals surface area contributed by atoms with E-state index in [1.54, 1.807) is 0 Å². The quantitative estimate of drug-likeness (QED) is 0.867. The minimum absolute atomic E-state index is 0.144. The van der Waals surface area contributed by atoms with Gasteiger partial charge in [-0.25, -0.2) is 0 Å². The van der Waals surface area contributed by atoms with E-state index in [0.717, 1.165) is 31.5 Å². The zero-order valence-electron chi connectivity index (χ0n) is 11.5. The van der Waals surface area contributed by atoms with E-state index >= 15 is 0 Å². The van der Waals surface area contributed by atoms with Gasteiger partial charge in [0.2, 0.25) is 0 Å². The smallest absolute Gasteiger partial charge is 0.253 e. The first kappa shape index (κ1) is 13.1. The lowest BCUT2D eigenvalue weighted by atomic mass is 10.0. The Kier molecular flexibility index (Phi) is 4.02. The molecule has 1 heterocycles. The molecule has 1 saturated heterocycles. The maximum Gasteiger partial charge on any atom is 0.253 e. The third-order valence-electron chi connectivity index (χ3n) is 3.93. The molecule has 1 amide bonds. The first-order valence-electron chi connectivity index (χ1n) is 6.64. The molecule has 18 heavy (non-hydrogen) atoms. The number of nitrogens with zero attached hydrogens (tertiary/aromatic N) is 1. The van der Waals surface area contributed by atoms with Crippen molar-refractivity contribution in [2.45, 2.75) is 32.7 Å². The minimum Gasteiger partial charge on any atom is -0.339 e. The number of hydrogen-bond acceptors (Lipinski definition) is 2. The van der Waals surface area contributed by atoms with E-state index in [0.29, 0.717) is 6.04 Å². The molecule has 1 aliphatic rings. The Labute approximate surface area is 109 Å². The Hall–Kier alpha value is -1.35. The number of aryl methyl sites for hydroxylation is 2. The lowest BCUT2D eigenvalue weighted by Gasteiger charge is -2.31. The van der Waals surface area contributed by atoms with Crippen molar-refractivity contribution in [1.29, 1.82) is 0 Å². The van der Waals surface area contributed by atoms with Crippen LogP contribution >= 0.6 is 0 Å². The van der Waals surface area contributed by atoms with E-state index in [4.69, 9.17) is 0 Å². The van der Waals surface area contributed by atoms with E-state index in [1.807, 2.05) is 30.1 Å². The summed E-state index contributed by atoms with van der Waals surface area (Å²) in [6.07, 6.45) is 2.10. The van der Waals surface area contributed by atoms with Gasteiger partial charge in [-0.05, 0) is 63.0 Å². The van der Waals surface area contributed by atoms with Gasteiger partial charge in [-0.3, -0.25) is 4.79 Å². The molecule has 3 nitrogen and oxygen atoms in total. The van der Waals surface area contributed by atoms with Gasteiger partial charge in [-0.1, -0.05) is 6.07 Å². The highest BCUT2D eigenvalue weighted by Crippen LogP contribution is 2.16. The third kappa shape index (κ3) is 2.72. The van der Waals surface area contributed by atoms with Gasteiger partial charge in [0, 0.05) is 18.7 Å². The van der Waals surface area contributed by atoms with Crippen molar-refractivity contribution in [1.82, 2.24) is 10.2 Å². The first-order valence-corrected chi connectivity index (χ1v) is 6.64. The molecule has 0 unspecified atom stereocenters. The molecule has 0 aromatic heterocycles. The van der Waals surface area contributed by atoms with E-state index in [1.165, 1.54) is 11.1 Å². The zero-order chi connectivity index (χ0) is 13.1. The van der Waals surface area contributed by atoms with Crippen molar-refractivity contribution < 1.29 is 4.79 Å². The predicted octanol–water partition coefficient (Wildman–Crippen LogP) is 2.13. The van der Waals surface area contributed by atoms with Gasteiger partial charge in [0.25, 0.3) is 5.91 Å². The summed E-state index contributed by atoms with van der Waals surface area (Å²) in [6.45, 7) is 6.14. The number of carbonyl (C=O) groups is 1. The van der Waals surface area contributed by atoms with Crippen LogP contribution in [0, 0.1) is 13.8 Å². The highest BCUT2D eigenvalue weighted by Gasteiger charge is 2.22. The first-order chi connectivity index (χ1) is 8.59. The van der Waals surface area contributed by atoms with Gasteiger partial charge in [-0.2, -0.15) is 0 Å². The monoisotopic (exact) mass is 246 g/mol. The van der Waals surface area contributed by atoms with Crippen LogP contribution < -0.4 is 5.32 Å². The standard InChI is InChI=1S/C15H22N2O/c1-11-4-5-13(10-12(11)2)15(18)17(3)14-6-8-16-9-7-14/h4-5,10,14,16H,6-9H2,1-3H3. The molecule has 0 bridgehead atoms. The normalized spacial score (nSPS) is 16.6. The van der Waals surface area contributed by atoms with Crippen molar-refractivity contribution in [2.75, 3.05) is 20.1 Å². The van der Waals surface area contributed by atoms with E-state index in [9.17, 15) is 4.79 Å². The topological polar surface area (TPSA) is 32.3 Å². The Bertz CT molecular complexity index is 436. The second-order valence-corrected chi connectivity index (χ2v) is 5.20. The Morgan fingerprint density at radius 2 is 1.89 bits per heavy atom. The molecule has 98 valence electrons. The minimum atomic E-state index is 0.144. The summed E-state index contributed by atoms with van der Waals surface area (Å²) in [5.74, 6) is 0.144. The van der Waals surface area contributed by atoms with E-state index < -0.39 is 0 Å². The molecule has 0 aliphatic carbocycles. The second-order valence-electron chi connectivity index (χ2n) is 5.20. The summed E-state index contributed by atoms with van der Waals surface area (Å²) in [6, 6.07) is 6.33. The molecule has 0 spiro atoms. The van der Waals surface area contributed by atoms with Crippen LogP contribution in [-0.4, -0.2) is 37.0 Å². The van der Waals surface area contributed by atoms with Crippen LogP contribution in [0.3, 0.4) is 0 Å². The molecule has 1 aliphatic heterocycles. The molecule has 2 rings (SSSR count). The molecule has 3 heteroatoms. The fraction of sp³-hybridized carbons (Fsp3) is 0.533. The number of hydrogen-bond donors (Lipinski definition) is 1. The molecule has 1 aromatic carbocycles. The van der Waals surface area contributed by atoms with Gasteiger partial charge < -0.3 is 10.2 Å². The molecular formula is C15H22N2O. The summed E-state index contributed by atoms with van der Waals surface area (Å²) in [4.78, 5) is 14.3. The predicted molar refractivity (Wildman–Crippen MR) is 73.9 cm³/mol. The summed E-state index contributed by atoms with van der Waals surface area (Å²) in [5.41, 5.74) is 3.22. The Balaban J connectivity index is 2.11. The lowest BCUT2D eigenvalue weighted by molar-refractivity contribution is 0.0703. The highest BCUT2D eigenvalue weighted by atomic mass is 16.2. The van der Waals surface area contributed by atoms with Crippen LogP contribution in [0.1, 0.15) is 34.3 Å². The molecule has 1 fully saturated rings. The van der Waals surface area contributed by atoms with Gasteiger partial charge >= 0.3 is 0 Å². The zero-order valence-corrected chi connectivity index (χ0v) is 11.5. The second kappa shape index (κ2) is 5.53. The Morgan fingerprint density at radius 3 is 2.50 bits per heavy atom. The average molecular weight is 246 g/mol. The summed E-state index contributed by atoms with van der Waals surface area (Å²) in [7, 11) is 1.92. The number of amides is 1. The van der Waals surface area contributed by atoms with Gasteiger partial charge in [-0.15, -0.1) is 0 Å². The van der Waals surface area contributed by atoms with Crippen LogP contribution in [-0.2, 0) is 0 Å². The number of nitrogens with one attached hydrogen (secondary N) is 1. The van der Waals surface area contributed by atoms with Crippen LogP contribution in [0.2, 0.25) is 0 Å². The highest BCUT2D eigenvalue weighted by molar-refractivity contribution is 5.94. The molecule has 1 aromatic rings. The van der Waals surface area contributed by atoms with Crippen LogP contribution in [0.5, 0.6) is 0 Å². The number of rotatable bonds is 2. The number of benzene rings is 1. The van der Waals surface area contributed by atoms with Crippen LogP contribution in [0.4, 0.5) is 0 Å². The van der Waals surface area contributed by atoms with Crippen molar-refractivity contribution >= 4 is 5.91 Å². The van der Waals surface area contributed by atoms with Gasteiger partial charge in [0.05, 0.1) is 0 Å². The molecular weight excluding hydrogens is 224 g/mol. The number of carbonyl (C=O) groups excluding carboxylic acids is 1. The maximum absolute atomic E-state index is 12.4. The average Bonchev–Trinajstić information content (AvgIpc) is 2.41. The summed E-state index contributed by atoms with van der Waals surface area (Å²) >= 11 is 0. The van der Waals surface area contributed by atoms with E-state index in [2.05, 4.69) is 19.2 Å². The fourth-order valence-electron chi connectivity index (χ4n) is 2.44. The lowest BCUT2D eigenvalue weighted by Crippen LogP contribution is -2.43. The van der Waals surface area contributed by atoms with Crippen molar-refractivity contribution in [3.05, 3.63) is 34.9 Å². The third-order valence-corrected chi connectivity index (χ3v) is 3.93. The SMILES string of the molecule is Cc1ccc(C(=O)N(C)C2CCNCC2)cc1C. The van der Waals surface area contributed by atoms with Crippen molar-refractivity contribution in [3.63, 3.8) is 0 Å². The van der Waals surface area contributed by atoms with Gasteiger partial charge in [0.15, 0.2) is 0 Å². The van der Waals surface area contributed by atoms with Crippen molar-refractivity contribution in [2.24, 2.45) is 0 Å². The summed E-state index contributed by atoms with van der Waals surface area (Å²) < 4.78 is 0.